The van der Waals surface area contributed by atoms with Crippen molar-refractivity contribution in [1.29, 1.82) is 0 Å². The zero-order valence-corrected chi connectivity index (χ0v) is 14.9. The first-order valence-corrected chi connectivity index (χ1v) is 8.21. The van der Waals surface area contributed by atoms with Gasteiger partial charge in [-0.15, -0.1) is 24.8 Å². The second kappa shape index (κ2) is 7.73. The quantitative estimate of drug-likeness (QED) is 0.883. The minimum atomic E-state index is 0. The van der Waals surface area contributed by atoms with Gasteiger partial charge in [-0.05, 0) is 43.0 Å². The number of carbonyl (C=O) groups excluding carboxylic acids is 1. The molecule has 3 aliphatic rings. The molecule has 0 aromatic heterocycles. The molecule has 128 valence electrons. The molecule has 4 rings (SSSR count). The lowest BCUT2D eigenvalue weighted by atomic mass is 9.91. The third-order valence-electron chi connectivity index (χ3n) is 5.25. The lowest BCUT2D eigenvalue weighted by Gasteiger charge is -2.43. The fourth-order valence-electron chi connectivity index (χ4n) is 3.66. The van der Waals surface area contributed by atoms with E-state index < -0.39 is 0 Å². The van der Waals surface area contributed by atoms with E-state index in [9.17, 15) is 4.79 Å². The Kier molecular flexibility index (Phi) is 6.18. The summed E-state index contributed by atoms with van der Waals surface area (Å²) < 4.78 is 0. The van der Waals surface area contributed by atoms with E-state index in [1.54, 1.807) is 0 Å². The van der Waals surface area contributed by atoms with E-state index in [4.69, 9.17) is 0 Å². The van der Waals surface area contributed by atoms with Gasteiger partial charge in [0.1, 0.15) is 0 Å². The van der Waals surface area contributed by atoms with Crippen molar-refractivity contribution < 1.29 is 4.79 Å². The molecule has 0 unspecified atom stereocenters. The largest absolute Gasteiger partial charge is 0.384 e. The number of anilines is 1. The van der Waals surface area contributed by atoms with Crippen LogP contribution >= 0.6 is 24.8 Å². The topological polar surface area (TPSA) is 35.6 Å². The highest BCUT2D eigenvalue weighted by Gasteiger charge is 2.29. The molecule has 1 saturated heterocycles. The van der Waals surface area contributed by atoms with Gasteiger partial charge in [0.05, 0.1) is 0 Å². The monoisotopic (exact) mass is 357 g/mol. The summed E-state index contributed by atoms with van der Waals surface area (Å²) in [6.45, 7) is 4.84. The van der Waals surface area contributed by atoms with Crippen LogP contribution in [0.25, 0.3) is 0 Å². The first kappa shape index (κ1) is 18.4. The normalized spacial score (nSPS) is 20.6. The zero-order chi connectivity index (χ0) is 14.2. The van der Waals surface area contributed by atoms with E-state index in [2.05, 4.69) is 22.3 Å². The molecule has 2 fully saturated rings. The Labute approximate surface area is 150 Å². The molecule has 1 aliphatic carbocycles. The number of piperazine rings is 1. The van der Waals surface area contributed by atoms with Crippen LogP contribution in [0.15, 0.2) is 18.2 Å². The first-order valence-electron chi connectivity index (χ1n) is 8.21. The van der Waals surface area contributed by atoms with Crippen molar-refractivity contribution in [2.24, 2.45) is 0 Å². The summed E-state index contributed by atoms with van der Waals surface area (Å²) in [6, 6.07) is 6.90. The van der Waals surface area contributed by atoms with Crippen LogP contribution < -0.4 is 5.32 Å². The van der Waals surface area contributed by atoms with Crippen molar-refractivity contribution in [2.75, 3.05) is 38.0 Å². The average molecular weight is 358 g/mol. The molecule has 1 aromatic carbocycles. The van der Waals surface area contributed by atoms with Crippen molar-refractivity contribution in [3.8, 4) is 0 Å². The smallest absolute Gasteiger partial charge is 0.253 e. The number of rotatable bonds is 2. The number of nitrogens with zero attached hydrogens (tertiary/aromatic N) is 2. The van der Waals surface area contributed by atoms with Crippen molar-refractivity contribution in [2.45, 2.75) is 31.7 Å². The summed E-state index contributed by atoms with van der Waals surface area (Å²) in [7, 11) is 0. The highest BCUT2D eigenvalue weighted by molar-refractivity contribution is 5.95. The minimum absolute atomic E-state index is 0. The van der Waals surface area contributed by atoms with Gasteiger partial charge < -0.3 is 10.2 Å². The molecule has 2 heterocycles. The molecule has 2 aliphatic heterocycles. The third-order valence-corrected chi connectivity index (χ3v) is 5.25. The molecule has 0 atom stereocenters. The van der Waals surface area contributed by atoms with Crippen LogP contribution in [0.5, 0.6) is 0 Å². The summed E-state index contributed by atoms with van der Waals surface area (Å²) in [5.41, 5.74) is 3.34. The Hall–Kier alpha value is -0.970. The van der Waals surface area contributed by atoms with Gasteiger partial charge >= 0.3 is 0 Å². The third kappa shape index (κ3) is 3.59. The summed E-state index contributed by atoms with van der Waals surface area (Å²) in [6.07, 6.45) is 5.12. The van der Waals surface area contributed by atoms with E-state index in [1.807, 2.05) is 11.0 Å². The molecular weight excluding hydrogens is 333 g/mol. The molecule has 6 heteroatoms. The van der Waals surface area contributed by atoms with Gasteiger partial charge in [-0.1, -0.05) is 6.42 Å². The Morgan fingerprint density at radius 3 is 2.48 bits per heavy atom. The molecule has 23 heavy (non-hydrogen) atoms. The maximum atomic E-state index is 12.6. The van der Waals surface area contributed by atoms with Crippen molar-refractivity contribution in [1.82, 2.24) is 9.80 Å². The van der Waals surface area contributed by atoms with E-state index in [0.717, 1.165) is 50.7 Å². The summed E-state index contributed by atoms with van der Waals surface area (Å²) in [5, 5.41) is 3.35. The van der Waals surface area contributed by atoms with Gasteiger partial charge in [-0.2, -0.15) is 0 Å². The number of hydrogen-bond acceptors (Lipinski definition) is 3. The number of hydrogen-bond donors (Lipinski definition) is 1. The van der Waals surface area contributed by atoms with Crippen LogP contribution in [0.1, 0.15) is 35.2 Å². The van der Waals surface area contributed by atoms with E-state index in [1.165, 1.54) is 30.5 Å². The van der Waals surface area contributed by atoms with Crippen molar-refractivity contribution in [3.05, 3.63) is 29.3 Å². The van der Waals surface area contributed by atoms with Gasteiger partial charge in [0, 0.05) is 50.0 Å². The van der Waals surface area contributed by atoms with Crippen LogP contribution in [0.2, 0.25) is 0 Å². The zero-order valence-electron chi connectivity index (χ0n) is 13.3. The number of amides is 1. The number of nitrogens with one attached hydrogen (secondary N) is 1. The standard InChI is InChI=1S/C17H23N3O.2ClH/c21-17(14-4-5-16-13(12-14)6-7-18-16)20-10-8-19(9-11-20)15-2-1-3-15;;/h4-5,12,15,18H,1-3,6-11H2;2*1H. The predicted octanol–water partition coefficient (Wildman–Crippen LogP) is 2.81. The molecule has 0 spiro atoms. The Morgan fingerprint density at radius 2 is 1.83 bits per heavy atom. The van der Waals surface area contributed by atoms with Gasteiger partial charge in [0.15, 0.2) is 0 Å². The van der Waals surface area contributed by atoms with Gasteiger partial charge in [-0.25, -0.2) is 0 Å². The average Bonchev–Trinajstić information content (AvgIpc) is 2.93. The molecule has 1 aromatic rings. The second-order valence-electron chi connectivity index (χ2n) is 6.46. The summed E-state index contributed by atoms with van der Waals surface area (Å²) >= 11 is 0. The second-order valence-corrected chi connectivity index (χ2v) is 6.46. The minimum Gasteiger partial charge on any atom is -0.384 e. The van der Waals surface area contributed by atoms with Crippen molar-refractivity contribution in [3.63, 3.8) is 0 Å². The highest BCUT2D eigenvalue weighted by atomic mass is 35.5. The predicted molar refractivity (Wildman–Crippen MR) is 98.2 cm³/mol. The van der Waals surface area contributed by atoms with E-state index in [-0.39, 0.29) is 30.7 Å². The Balaban J connectivity index is 0.000000960. The fourth-order valence-corrected chi connectivity index (χ4v) is 3.66. The molecule has 0 bridgehead atoms. The van der Waals surface area contributed by atoms with E-state index >= 15 is 0 Å². The summed E-state index contributed by atoms with van der Waals surface area (Å²) in [4.78, 5) is 17.2. The number of carbonyl (C=O) groups is 1. The number of fused-ring (bicyclic) bond motifs is 1. The van der Waals surface area contributed by atoms with Gasteiger partial charge in [-0.3, -0.25) is 9.69 Å². The van der Waals surface area contributed by atoms with Crippen LogP contribution in [0, 0.1) is 0 Å². The Bertz CT molecular complexity index is 555. The maximum absolute atomic E-state index is 12.6. The van der Waals surface area contributed by atoms with Crippen LogP contribution in [-0.4, -0.2) is 54.5 Å². The highest BCUT2D eigenvalue weighted by Crippen LogP contribution is 2.26. The molecule has 1 amide bonds. The van der Waals surface area contributed by atoms with Crippen LogP contribution in [-0.2, 0) is 6.42 Å². The molecule has 4 nitrogen and oxygen atoms in total. The SMILES string of the molecule is Cl.Cl.O=C(c1ccc2c(c1)CCN2)N1CCN(C2CCC2)CC1. The van der Waals surface area contributed by atoms with Crippen LogP contribution in [0.3, 0.4) is 0 Å². The Morgan fingerprint density at radius 1 is 1.09 bits per heavy atom. The molecule has 1 saturated carbocycles. The van der Waals surface area contributed by atoms with Gasteiger partial charge in [0.2, 0.25) is 0 Å². The van der Waals surface area contributed by atoms with Gasteiger partial charge in [0.25, 0.3) is 5.91 Å². The lowest BCUT2D eigenvalue weighted by molar-refractivity contribution is 0.0455. The fraction of sp³-hybridized carbons (Fsp3) is 0.588. The molecule has 0 radical (unpaired) electrons. The van der Waals surface area contributed by atoms with E-state index in [0.29, 0.717) is 0 Å². The lowest BCUT2D eigenvalue weighted by Crippen LogP contribution is -2.53. The maximum Gasteiger partial charge on any atom is 0.253 e. The number of benzene rings is 1. The molecule has 1 N–H and O–H groups in total. The van der Waals surface area contributed by atoms with Crippen molar-refractivity contribution >= 4 is 36.4 Å². The van der Waals surface area contributed by atoms with Crippen LogP contribution in [0.4, 0.5) is 5.69 Å². The molecular formula is C17H25Cl2N3O. The number of halogens is 2. The first-order chi connectivity index (χ1) is 10.3. The summed E-state index contributed by atoms with van der Waals surface area (Å²) in [5.74, 6) is 0.206.